The number of rotatable bonds is 28. The van der Waals surface area contributed by atoms with Crippen LogP contribution >= 0.6 is 0 Å². The van der Waals surface area contributed by atoms with Gasteiger partial charge in [0.25, 0.3) is 0 Å². The highest BCUT2D eigenvalue weighted by atomic mass is 16.7. The average Bonchev–Trinajstić information content (AvgIpc) is 3.09. The van der Waals surface area contributed by atoms with Gasteiger partial charge in [-0.25, -0.2) is 0 Å². The largest absolute Gasteiger partial charge is 0.463 e. The summed E-state index contributed by atoms with van der Waals surface area (Å²) in [5.41, 5.74) is 0. The highest BCUT2D eigenvalue weighted by Crippen LogP contribution is 2.21. The van der Waals surface area contributed by atoms with Crippen molar-refractivity contribution in [2.24, 2.45) is 0 Å². The predicted molar refractivity (Wildman–Crippen MR) is 184 cm³/mol. The number of allylic oxidation sites excluding steroid dienone is 2. The SMILES string of the molecule is CCCCCC/C=C/CCCCCCCCCCCCCCCC(=O)OCC(CO[C@@H]1OC[C@@H](O)[C@H](O)[C@H]1O)O[C@@H]1OC[C@@H](O)[C@H](O)[C@H]1O. The van der Waals surface area contributed by atoms with E-state index in [2.05, 4.69) is 19.1 Å². The molecule has 0 saturated carbocycles. The summed E-state index contributed by atoms with van der Waals surface area (Å²) >= 11 is 0. The first-order valence-corrected chi connectivity index (χ1v) is 19.1. The third-order valence-electron chi connectivity index (χ3n) is 9.25. The van der Waals surface area contributed by atoms with Gasteiger partial charge in [-0.15, -0.1) is 0 Å². The minimum Gasteiger partial charge on any atom is -0.463 e. The summed E-state index contributed by atoms with van der Waals surface area (Å²) in [6, 6.07) is 0. The highest BCUT2D eigenvalue weighted by Gasteiger charge is 2.41. The van der Waals surface area contributed by atoms with E-state index in [9.17, 15) is 35.4 Å². The lowest BCUT2D eigenvalue weighted by atomic mass is 10.0. The molecule has 9 atom stereocenters. The van der Waals surface area contributed by atoms with E-state index >= 15 is 0 Å². The van der Waals surface area contributed by atoms with Crippen LogP contribution in [0, 0.1) is 0 Å². The van der Waals surface area contributed by atoms with Crippen LogP contribution in [0.25, 0.3) is 0 Å². The zero-order valence-corrected chi connectivity index (χ0v) is 30.0. The van der Waals surface area contributed by atoms with E-state index in [0.717, 1.165) is 19.3 Å². The van der Waals surface area contributed by atoms with Crippen molar-refractivity contribution in [1.29, 1.82) is 0 Å². The van der Waals surface area contributed by atoms with Crippen LogP contribution in [0.15, 0.2) is 12.2 Å². The molecule has 288 valence electrons. The first kappa shape index (κ1) is 44.0. The maximum atomic E-state index is 12.4. The molecule has 2 rings (SSSR count). The van der Waals surface area contributed by atoms with Crippen molar-refractivity contribution >= 4 is 5.97 Å². The van der Waals surface area contributed by atoms with Gasteiger partial charge >= 0.3 is 5.97 Å². The van der Waals surface area contributed by atoms with Gasteiger partial charge in [0.2, 0.25) is 0 Å². The van der Waals surface area contributed by atoms with Crippen molar-refractivity contribution in [3.63, 3.8) is 0 Å². The Morgan fingerprint density at radius 1 is 0.612 bits per heavy atom. The van der Waals surface area contributed by atoms with Crippen LogP contribution < -0.4 is 0 Å². The molecule has 12 nitrogen and oxygen atoms in total. The Kier molecular flexibility index (Phi) is 24.6. The number of carbonyl (C=O) groups is 1. The number of carbonyl (C=O) groups excluding carboxylic acids is 1. The molecule has 0 aromatic carbocycles. The van der Waals surface area contributed by atoms with Gasteiger partial charge < -0.3 is 54.3 Å². The van der Waals surface area contributed by atoms with Crippen LogP contribution in [0.5, 0.6) is 0 Å². The maximum absolute atomic E-state index is 12.4. The molecule has 2 aliphatic rings. The van der Waals surface area contributed by atoms with E-state index < -0.39 is 61.3 Å². The summed E-state index contributed by atoms with van der Waals surface area (Å²) < 4.78 is 27.2. The molecule has 6 N–H and O–H groups in total. The zero-order chi connectivity index (χ0) is 35.7. The molecule has 2 fully saturated rings. The van der Waals surface area contributed by atoms with E-state index in [0.29, 0.717) is 6.42 Å². The van der Waals surface area contributed by atoms with Gasteiger partial charge in [-0.2, -0.15) is 0 Å². The molecule has 0 spiro atoms. The van der Waals surface area contributed by atoms with Gasteiger partial charge in [0.15, 0.2) is 12.6 Å². The van der Waals surface area contributed by atoms with Crippen molar-refractivity contribution in [2.45, 2.75) is 191 Å². The number of hydrogen-bond donors (Lipinski definition) is 6. The second-order valence-electron chi connectivity index (χ2n) is 13.7. The van der Waals surface area contributed by atoms with Gasteiger partial charge in [-0.3, -0.25) is 4.79 Å². The third-order valence-corrected chi connectivity index (χ3v) is 9.25. The predicted octanol–water partition coefficient (Wildman–Crippen LogP) is 4.19. The Hall–Kier alpha value is -1.19. The summed E-state index contributed by atoms with van der Waals surface area (Å²) in [4.78, 5) is 12.4. The van der Waals surface area contributed by atoms with E-state index in [4.69, 9.17) is 23.7 Å². The number of aliphatic hydroxyl groups excluding tert-OH is 6. The smallest absolute Gasteiger partial charge is 0.305 e. The topological polar surface area (TPSA) is 185 Å². The molecule has 0 amide bonds. The molecule has 0 aromatic heterocycles. The molecule has 2 aliphatic heterocycles. The summed E-state index contributed by atoms with van der Waals surface area (Å²) in [7, 11) is 0. The van der Waals surface area contributed by atoms with E-state index in [1.807, 2.05) is 0 Å². The first-order chi connectivity index (χ1) is 23.7. The summed E-state index contributed by atoms with van der Waals surface area (Å²) in [6.07, 6.45) is 16.2. The second kappa shape index (κ2) is 27.5. The molecule has 0 bridgehead atoms. The van der Waals surface area contributed by atoms with Crippen molar-refractivity contribution in [1.82, 2.24) is 0 Å². The first-order valence-electron chi connectivity index (χ1n) is 19.1. The van der Waals surface area contributed by atoms with Gasteiger partial charge in [0, 0.05) is 6.42 Å². The van der Waals surface area contributed by atoms with E-state index in [1.54, 1.807) is 0 Å². The van der Waals surface area contributed by atoms with E-state index in [-0.39, 0.29) is 32.8 Å². The molecule has 1 unspecified atom stereocenters. The van der Waals surface area contributed by atoms with Crippen molar-refractivity contribution < 1.29 is 59.1 Å². The van der Waals surface area contributed by atoms with Crippen LogP contribution in [0.1, 0.15) is 135 Å². The third kappa shape index (κ3) is 19.3. The average molecular weight is 705 g/mol. The van der Waals surface area contributed by atoms with Gasteiger partial charge in [0.05, 0.1) is 19.8 Å². The van der Waals surface area contributed by atoms with Crippen LogP contribution in [0.3, 0.4) is 0 Å². The van der Waals surface area contributed by atoms with Crippen molar-refractivity contribution in [3.8, 4) is 0 Å². The normalized spacial score (nSPS) is 28.2. The summed E-state index contributed by atoms with van der Waals surface area (Å²) in [5, 5.41) is 59.6. The van der Waals surface area contributed by atoms with Gasteiger partial charge in [-0.05, 0) is 32.1 Å². The minimum absolute atomic E-state index is 0.241. The number of ether oxygens (including phenoxy) is 5. The Labute approximate surface area is 294 Å². The van der Waals surface area contributed by atoms with Crippen molar-refractivity contribution in [2.75, 3.05) is 26.4 Å². The van der Waals surface area contributed by atoms with Crippen molar-refractivity contribution in [3.05, 3.63) is 12.2 Å². The van der Waals surface area contributed by atoms with Crippen LogP contribution in [0.4, 0.5) is 0 Å². The van der Waals surface area contributed by atoms with E-state index in [1.165, 1.54) is 96.3 Å². The molecule has 0 aliphatic carbocycles. The minimum atomic E-state index is -1.56. The lowest BCUT2D eigenvalue weighted by Crippen LogP contribution is -2.56. The second-order valence-corrected chi connectivity index (χ2v) is 13.7. The molecule has 2 heterocycles. The molecule has 49 heavy (non-hydrogen) atoms. The fraction of sp³-hybridized carbons (Fsp3) is 0.919. The quantitative estimate of drug-likeness (QED) is 0.0389. The maximum Gasteiger partial charge on any atom is 0.305 e. The number of unbranched alkanes of at least 4 members (excludes halogenated alkanes) is 17. The van der Waals surface area contributed by atoms with Crippen LogP contribution in [-0.4, -0.2) is 118 Å². The monoisotopic (exact) mass is 704 g/mol. The number of hydrogen-bond acceptors (Lipinski definition) is 12. The highest BCUT2D eigenvalue weighted by molar-refractivity contribution is 5.69. The van der Waals surface area contributed by atoms with Crippen LogP contribution in [0.2, 0.25) is 0 Å². The number of aliphatic hydroxyl groups is 6. The Balaban J connectivity index is 1.51. The fourth-order valence-electron chi connectivity index (χ4n) is 6.00. The standard InChI is InChI=1S/C37H68O12/c1-2-3-4-5-6-7-8-9-10-11-12-13-14-15-16-17-18-19-20-21-22-23-31(40)45-24-28(49-37-35(44)33(42)30(39)27-48-37)25-46-36-34(43)32(41)29(38)26-47-36/h7-8,28-30,32-39,41-44H,2-6,9-27H2,1H3/b8-7+/t28?,29-,30-,32+,33+,34-,35-,36-,37+/m1/s1. The zero-order valence-electron chi connectivity index (χ0n) is 30.0. The van der Waals surface area contributed by atoms with Crippen LogP contribution in [-0.2, 0) is 28.5 Å². The molecule has 0 radical (unpaired) electrons. The lowest BCUT2D eigenvalue weighted by Gasteiger charge is -2.38. The molecular weight excluding hydrogens is 636 g/mol. The Morgan fingerprint density at radius 2 is 1.06 bits per heavy atom. The number of esters is 1. The molecule has 0 aromatic rings. The molecule has 12 heteroatoms. The molecule has 2 saturated heterocycles. The molecular formula is C37H68O12. The van der Waals surface area contributed by atoms with Gasteiger partial charge in [0.1, 0.15) is 49.3 Å². The Morgan fingerprint density at radius 3 is 1.59 bits per heavy atom. The Bertz CT molecular complexity index is 844. The van der Waals surface area contributed by atoms with Gasteiger partial charge in [-0.1, -0.05) is 109 Å². The summed E-state index contributed by atoms with van der Waals surface area (Å²) in [6.45, 7) is 1.16. The lowest BCUT2D eigenvalue weighted by molar-refractivity contribution is -0.305. The fourth-order valence-corrected chi connectivity index (χ4v) is 6.00. The summed E-state index contributed by atoms with van der Waals surface area (Å²) in [5.74, 6) is -0.420.